The Balaban J connectivity index is 1.77. The summed E-state index contributed by atoms with van der Waals surface area (Å²) in [4.78, 5) is 14.9. The fourth-order valence-electron chi connectivity index (χ4n) is 2.85. The maximum absolute atomic E-state index is 12.9. The van der Waals surface area contributed by atoms with Crippen LogP contribution in [0.1, 0.15) is 36.7 Å². The zero-order valence-electron chi connectivity index (χ0n) is 11.8. The number of carbonyl (C=O) groups excluding carboxylic acids is 1. The van der Waals surface area contributed by atoms with Crippen LogP contribution in [0.4, 0.5) is 0 Å². The molecule has 2 aliphatic rings. The molecule has 0 aromatic carbocycles. The Morgan fingerprint density at radius 1 is 1.50 bits per heavy atom. The second-order valence-corrected chi connectivity index (χ2v) is 6.66. The molecule has 2 fully saturated rings. The van der Waals surface area contributed by atoms with E-state index in [2.05, 4.69) is 27.8 Å². The molecule has 1 unspecified atom stereocenters. The van der Waals surface area contributed by atoms with Gasteiger partial charge in [-0.15, -0.1) is 0 Å². The summed E-state index contributed by atoms with van der Waals surface area (Å²) in [5.41, 5.74) is 0.796. The summed E-state index contributed by atoms with van der Waals surface area (Å²) in [5.74, 6) is 0.681. The molecule has 110 valence electrons. The van der Waals surface area contributed by atoms with Crippen molar-refractivity contribution < 1.29 is 9.53 Å². The number of nitrogens with zero attached hydrogens (tertiary/aromatic N) is 2. The topological polar surface area (TPSA) is 34.5 Å². The van der Waals surface area contributed by atoms with E-state index in [-0.39, 0.29) is 5.91 Å². The lowest BCUT2D eigenvalue weighted by Crippen LogP contribution is -2.38. The second-order valence-electron chi connectivity index (χ2n) is 5.75. The number of hydrogen-bond donors (Lipinski definition) is 0. The summed E-state index contributed by atoms with van der Waals surface area (Å²) in [5, 5.41) is 0. The first-order valence-electron chi connectivity index (χ1n) is 7.43. The van der Waals surface area contributed by atoms with Gasteiger partial charge >= 0.3 is 0 Å². The van der Waals surface area contributed by atoms with Crippen molar-refractivity contribution in [2.45, 2.75) is 38.8 Å². The van der Waals surface area contributed by atoms with Crippen molar-refractivity contribution in [3.63, 3.8) is 0 Å². The predicted octanol–water partition coefficient (Wildman–Crippen LogP) is 2.91. The summed E-state index contributed by atoms with van der Waals surface area (Å²) in [7, 11) is 0. The number of carbonyl (C=O) groups is 1. The van der Waals surface area contributed by atoms with Gasteiger partial charge in [0.25, 0.3) is 5.91 Å². The van der Waals surface area contributed by atoms with Crippen LogP contribution in [0.15, 0.2) is 16.7 Å². The third-order valence-electron chi connectivity index (χ3n) is 4.15. The van der Waals surface area contributed by atoms with E-state index in [0.717, 1.165) is 55.7 Å². The molecule has 20 heavy (non-hydrogen) atoms. The normalized spacial score (nSPS) is 22.2. The van der Waals surface area contributed by atoms with E-state index < -0.39 is 0 Å². The Hall–Kier alpha value is -0.810. The average Bonchev–Trinajstić information content (AvgIpc) is 3.01. The fourth-order valence-corrected chi connectivity index (χ4v) is 3.32. The maximum atomic E-state index is 12.9. The quantitative estimate of drug-likeness (QED) is 0.825. The number of amides is 1. The van der Waals surface area contributed by atoms with Gasteiger partial charge < -0.3 is 14.2 Å². The Bertz CT molecular complexity index is 490. The molecule has 5 heteroatoms. The van der Waals surface area contributed by atoms with Crippen LogP contribution in [0, 0.1) is 5.92 Å². The van der Waals surface area contributed by atoms with Gasteiger partial charge in [-0.05, 0) is 48.2 Å². The molecule has 1 aromatic rings. The van der Waals surface area contributed by atoms with Gasteiger partial charge in [0, 0.05) is 42.3 Å². The molecule has 0 N–H and O–H groups in total. The minimum atomic E-state index is 0.173. The molecule has 0 radical (unpaired) electrons. The van der Waals surface area contributed by atoms with Crippen molar-refractivity contribution in [2.75, 3.05) is 19.8 Å². The molecule has 1 saturated carbocycles. The maximum Gasteiger partial charge on any atom is 0.270 e. The zero-order valence-corrected chi connectivity index (χ0v) is 13.4. The first kappa shape index (κ1) is 14.1. The highest BCUT2D eigenvalue weighted by molar-refractivity contribution is 9.10. The van der Waals surface area contributed by atoms with Gasteiger partial charge in [0.05, 0.1) is 6.61 Å². The molecule has 0 bridgehead atoms. The van der Waals surface area contributed by atoms with Crippen LogP contribution in [0.3, 0.4) is 0 Å². The van der Waals surface area contributed by atoms with Crippen LogP contribution >= 0.6 is 15.9 Å². The molecule has 1 aliphatic carbocycles. The van der Waals surface area contributed by atoms with E-state index in [9.17, 15) is 4.79 Å². The summed E-state index contributed by atoms with van der Waals surface area (Å²) in [6, 6.07) is 2.38. The molecular weight excluding hydrogens is 320 g/mol. The van der Waals surface area contributed by atoms with Crippen molar-refractivity contribution in [2.24, 2.45) is 5.92 Å². The molecule has 2 heterocycles. The number of hydrogen-bond acceptors (Lipinski definition) is 2. The lowest BCUT2D eigenvalue weighted by molar-refractivity contribution is 0.0695. The van der Waals surface area contributed by atoms with E-state index in [1.54, 1.807) is 0 Å². The van der Waals surface area contributed by atoms with Gasteiger partial charge in [0.1, 0.15) is 5.69 Å². The molecule has 0 spiro atoms. The van der Waals surface area contributed by atoms with Crippen molar-refractivity contribution in [1.82, 2.24) is 9.47 Å². The SMILES string of the molecule is CCn1cc(Br)cc1C(=O)N(CC1CCOC1)C1CC1. The Morgan fingerprint density at radius 2 is 2.30 bits per heavy atom. The summed E-state index contributed by atoms with van der Waals surface area (Å²) in [6.07, 6.45) is 5.35. The number of aryl methyl sites for hydroxylation is 1. The van der Waals surface area contributed by atoms with E-state index in [1.807, 2.05) is 16.8 Å². The third-order valence-corrected chi connectivity index (χ3v) is 4.58. The fraction of sp³-hybridized carbons (Fsp3) is 0.667. The number of aromatic nitrogens is 1. The number of rotatable bonds is 5. The summed E-state index contributed by atoms with van der Waals surface area (Å²) < 4.78 is 8.44. The van der Waals surface area contributed by atoms with Gasteiger partial charge in [-0.2, -0.15) is 0 Å². The van der Waals surface area contributed by atoms with Gasteiger partial charge in [0.2, 0.25) is 0 Å². The van der Waals surface area contributed by atoms with Crippen molar-refractivity contribution in [3.05, 3.63) is 22.4 Å². The molecular formula is C15H21BrN2O2. The van der Waals surface area contributed by atoms with Crippen LogP contribution in [-0.4, -0.2) is 41.2 Å². The molecule has 1 amide bonds. The van der Waals surface area contributed by atoms with E-state index >= 15 is 0 Å². The Labute approximate surface area is 128 Å². The standard InChI is InChI=1S/C15H21BrN2O2/c1-2-17-9-12(16)7-14(17)15(19)18(13-3-4-13)8-11-5-6-20-10-11/h7,9,11,13H,2-6,8,10H2,1H3. The minimum Gasteiger partial charge on any atom is -0.381 e. The van der Waals surface area contributed by atoms with Crippen molar-refractivity contribution in [1.29, 1.82) is 0 Å². The molecule has 1 aliphatic heterocycles. The van der Waals surface area contributed by atoms with Gasteiger partial charge in [0.15, 0.2) is 0 Å². The largest absolute Gasteiger partial charge is 0.381 e. The van der Waals surface area contributed by atoms with Crippen LogP contribution in [0.25, 0.3) is 0 Å². The van der Waals surface area contributed by atoms with E-state index in [1.165, 1.54) is 0 Å². The van der Waals surface area contributed by atoms with E-state index in [4.69, 9.17) is 4.74 Å². The summed E-state index contributed by atoms with van der Waals surface area (Å²) in [6.45, 7) is 5.37. The average molecular weight is 341 g/mol. The third kappa shape index (κ3) is 2.93. The highest BCUT2D eigenvalue weighted by Crippen LogP contribution is 2.31. The molecule has 1 aromatic heterocycles. The zero-order chi connectivity index (χ0) is 14.1. The summed E-state index contributed by atoms with van der Waals surface area (Å²) >= 11 is 3.47. The van der Waals surface area contributed by atoms with Gasteiger partial charge in [-0.1, -0.05) is 0 Å². The molecule has 1 saturated heterocycles. The first-order valence-corrected chi connectivity index (χ1v) is 8.22. The molecule has 3 rings (SSSR count). The number of ether oxygens (including phenoxy) is 1. The van der Waals surface area contributed by atoms with Crippen LogP contribution < -0.4 is 0 Å². The lowest BCUT2D eigenvalue weighted by atomic mass is 10.1. The van der Waals surface area contributed by atoms with Crippen LogP contribution in [-0.2, 0) is 11.3 Å². The van der Waals surface area contributed by atoms with Gasteiger partial charge in [-0.3, -0.25) is 4.79 Å². The molecule has 1 atom stereocenters. The van der Waals surface area contributed by atoms with Crippen molar-refractivity contribution in [3.8, 4) is 0 Å². The predicted molar refractivity (Wildman–Crippen MR) is 80.8 cm³/mol. The van der Waals surface area contributed by atoms with Crippen molar-refractivity contribution >= 4 is 21.8 Å². The molecule has 4 nitrogen and oxygen atoms in total. The first-order chi connectivity index (χ1) is 9.69. The smallest absolute Gasteiger partial charge is 0.270 e. The Kier molecular flexibility index (Phi) is 4.17. The lowest BCUT2D eigenvalue weighted by Gasteiger charge is -2.25. The minimum absolute atomic E-state index is 0.173. The Morgan fingerprint density at radius 3 is 2.90 bits per heavy atom. The monoisotopic (exact) mass is 340 g/mol. The van der Waals surface area contributed by atoms with Crippen LogP contribution in [0.2, 0.25) is 0 Å². The highest BCUT2D eigenvalue weighted by atomic mass is 79.9. The highest BCUT2D eigenvalue weighted by Gasteiger charge is 2.36. The van der Waals surface area contributed by atoms with Gasteiger partial charge in [-0.25, -0.2) is 0 Å². The van der Waals surface area contributed by atoms with E-state index in [0.29, 0.717) is 12.0 Å². The second kappa shape index (κ2) is 5.90. The number of halogens is 1. The van der Waals surface area contributed by atoms with Crippen LogP contribution in [0.5, 0.6) is 0 Å².